The zero-order valence-corrected chi connectivity index (χ0v) is 22.4. The van der Waals surface area contributed by atoms with Crippen LogP contribution < -0.4 is 0 Å². The predicted molar refractivity (Wildman–Crippen MR) is 166 cm³/mol. The lowest BCUT2D eigenvalue weighted by Crippen LogP contribution is -2.14. The van der Waals surface area contributed by atoms with E-state index >= 15 is 0 Å². The third kappa shape index (κ3) is 2.31. The molecule has 0 saturated heterocycles. The molecule has 2 heteroatoms. The van der Waals surface area contributed by atoms with Gasteiger partial charge in [0.1, 0.15) is 11.2 Å². The van der Waals surface area contributed by atoms with Crippen molar-refractivity contribution < 1.29 is 4.42 Å². The van der Waals surface area contributed by atoms with E-state index in [1.807, 2.05) is 17.4 Å². The number of para-hydroxylation sites is 1. The summed E-state index contributed by atoms with van der Waals surface area (Å²) in [5.41, 5.74) is 12.8. The Morgan fingerprint density at radius 2 is 1.33 bits per heavy atom. The van der Waals surface area contributed by atoms with Crippen LogP contribution in [0.1, 0.15) is 25.0 Å². The summed E-state index contributed by atoms with van der Waals surface area (Å²) in [6.07, 6.45) is 0. The van der Waals surface area contributed by atoms with Crippen LogP contribution in [0.25, 0.3) is 86.3 Å². The second-order valence-corrected chi connectivity index (χ2v) is 12.7. The van der Waals surface area contributed by atoms with Gasteiger partial charge in [0.2, 0.25) is 0 Å². The fourth-order valence-electron chi connectivity index (χ4n) is 7.66. The highest BCUT2D eigenvalue weighted by atomic mass is 32.1. The number of hydrogen-bond donors (Lipinski definition) is 0. The van der Waals surface area contributed by atoms with Crippen molar-refractivity contribution in [2.24, 2.45) is 0 Å². The zero-order valence-electron chi connectivity index (χ0n) is 21.6. The molecule has 0 bridgehead atoms. The van der Waals surface area contributed by atoms with E-state index < -0.39 is 0 Å². The molecule has 2 aliphatic carbocycles. The first-order chi connectivity index (χ1) is 19.1. The molecule has 6 aromatic carbocycles. The highest BCUT2D eigenvalue weighted by Crippen LogP contribution is 2.60. The average Bonchev–Trinajstić information content (AvgIpc) is 3.56. The molecule has 182 valence electrons. The maximum Gasteiger partial charge on any atom is 0.136 e. The van der Waals surface area contributed by atoms with Crippen LogP contribution in [0.15, 0.2) is 101 Å². The maximum absolute atomic E-state index is 6.32. The fourth-order valence-corrected chi connectivity index (χ4v) is 8.84. The third-order valence-electron chi connectivity index (χ3n) is 9.40. The molecule has 2 aliphatic rings. The van der Waals surface area contributed by atoms with E-state index in [-0.39, 0.29) is 5.41 Å². The first kappa shape index (κ1) is 20.5. The molecular weight excluding hydrogens is 492 g/mol. The van der Waals surface area contributed by atoms with Gasteiger partial charge in [-0.05, 0) is 85.6 Å². The standard InChI is InChI=1S/C37H22OS/c1-37(2)26-10-5-8-22-23-9-6-12-30-33(23)36-31(39-30)18-25(24-15-16-27(37)35(32(22)26)34(24)36)19-13-14-21-20-7-3-4-11-28(20)38-29(21)17-19/h3-18H,1-2H3. The molecule has 0 amide bonds. The number of rotatable bonds is 1. The first-order valence-electron chi connectivity index (χ1n) is 13.6. The molecule has 0 spiro atoms. The summed E-state index contributed by atoms with van der Waals surface area (Å²) < 4.78 is 9.04. The molecule has 10 rings (SSSR count). The molecule has 0 unspecified atom stereocenters. The normalized spacial score (nSPS) is 14.6. The second kappa shape index (κ2) is 6.59. The van der Waals surface area contributed by atoms with Crippen molar-refractivity contribution in [1.82, 2.24) is 0 Å². The third-order valence-corrected chi connectivity index (χ3v) is 10.5. The summed E-state index contributed by atoms with van der Waals surface area (Å²) in [6, 6.07) is 36.1. The Balaban J connectivity index is 1.42. The second-order valence-electron chi connectivity index (χ2n) is 11.7. The summed E-state index contributed by atoms with van der Waals surface area (Å²) >= 11 is 1.92. The van der Waals surface area contributed by atoms with Crippen molar-refractivity contribution >= 4 is 64.2 Å². The van der Waals surface area contributed by atoms with Gasteiger partial charge in [0.25, 0.3) is 0 Å². The molecule has 1 nitrogen and oxygen atoms in total. The Bertz CT molecular complexity index is 2410. The number of benzene rings is 6. The van der Waals surface area contributed by atoms with E-state index in [2.05, 4.69) is 105 Å². The Kier molecular flexibility index (Phi) is 3.47. The molecule has 0 saturated carbocycles. The van der Waals surface area contributed by atoms with Gasteiger partial charge in [-0.2, -0.15) is 0 Å². The quantitative estimate of drug-likeness (QED) is 0.212. The van der Waals surface area contributed by atoms with Crippen LogP contribution in [0.3, 0.4) is 0 Å². The number of hydrogen-bond acceptors (Lipinski definition) is 2. The number of furan rings is 1. The van der Waals surface area contributed by atoms with Gasteiger partial charge in [0.05, 0.1) is 0 Å². The maximum atomic E-state index is 6.32. The lowest BCUT2D eigenvalue weighted by atomic mass is 9.80. The molecule has 0 radical (unpaired) electrons. The van der Waals surface area contributed by atoms with Crippen molar-refractivity contribution in [2.75, 3.05) is 0 Å². The van der Waals surface area contributed by atoms with Crippen LogP contribution in [-0.2, 0) is 5.41 Å². The molecule has 2 aromatic heterocycles. The van der Waals surface area contributed by atoms with Gasteiger partial charge < -0.3 is 4.42 Å². The summed E-state index contributed by atoms with van der Waals surface area (Å²) in [5.74, 6) is 0. The zero-order chi connectivity index (χ0) is 25.6. The molecule has 0 aliphatic heterocycles. The van der Waals surface area contributed by atoms with Crippen LogP contribution >= 0.6 is 11.3 Å². The van der Waals surface area contributed by atoms with E-state index in [9.17, 15) is 0 Å². The van der Waals surface area contributed by atoms with Crippen molar-refractivity contribution in [2.45, 2.75) is 19.3 Å². The Hall–Kier alpha value is -4.40. The summed E-state index contributed by atoms with van der Waals surface area (Å²) in [4.78, 5) is 0. The van der Waals surface area contributed by atoms with Gasteiger partial charge in [-0.15, -0.1) is 11.3 Å². The van der Waals surface area contributed by atoms with E-state index in [1.165, 1.54) is 86.2 Å². The fraction of sp³-hybridized carbons (Fsp3) is 0.0811. The van der Waals surface area contributed by atoms with Crippen LogP contribution in [0.5, 0.6) is 0 Å². The van der Waals surface area contributed by atoms with Crippen LogP contribution in [0.2, 0.25) is 0 Å². The van der Waals surface area contributed by atoms with Gasteiger partial charge in [-0.3, -0.25) is 0 Å². The molecule has 39 heavy (non-hydrogen) atoms. The Labute approximate surface area is 228 Å². The average molecular weight is 515 g/mol. The smallest absolute Gasteiger partial charge is 0.136 e. The van der Waals surface area contributed by atoms with E-state index in [0.29, 0.717) is 0 Å². The molecule has 0 atom stereocenters. The summed E-state index contributed by atoms with van der Waals surface area (Å²) in [6.45, 7) is 4.78. The van der Waals surface area contributed by atoms with Crippen LogP contribution in [0.4, 0.5) is 0 Å². The molecule has 2 heterocycles. The van der Waals surface area contributed by atoms with Crippen molar-refractivity contribution in [3.8, 4) is 33.4 Å². The lowest BCUT2D eigenvalue weighted by Gasteiger charge is -2.22. The van der Waals surface area contributed by atoms with E-state index in [1.54, 1.807) is 0 Å². The molecule has 0 fully saturated rings. The minimum Gasteiger partial charge on any atom is -0.456 e. The monoisotopic (exact) mass is 514 g/mol. The van der Waals surface area contributed by atoms with Gasteiger partial charge in [-0.25, -0.2) is 0 Å². The topological polar surface area (TPSA) is 13.1 Å². The number of thiophene rings is 1. The molecule has 0 N–H and O–H groups in total. The SMILES string of the molecule is CC1(C)c2cccc3c2-c2c1ccc1c(-c4ccc5c(c4)oc4ccccc45)cc4sc5cccc-3c5c4c21. The summed E-state index contributed by atoms with van der Waals surface area (Å²) in [7, 11) is 0. The Morgan fingerprint density at radius 1 is 0.538 bits per heavy atom. The summed E-state index contributed by atoms with van der Waals surface area (Å²) in [5, 5.41) is 7.92. The highest BCUT2D eigenvalue weighted by molar-refractivity contribution is 7.26. The predicted octanol–water partition coefficient (Wildman–Crippen LogP) is 11.1. The number of fused-ring (bicyclic) bond motifs is 4. The van der Waals surface area contributed by atoms with Gasteiger partial charge in [0, 0.05) is 36.4 Å². The minimum atomic E-state index is -0.0359. The highest BCUT2D eigenvalue weighted by Gasteiger charge is 2.40. The molecular formula is C37H22OS. The van der Waals surface area contributed by atoms with Crippen molar-refractivity contribution in [3.05, 3.63) is 108 Å². The van der Waals surface area contributed by atoms with Gasteiger partial charge in [0.15, 0.2) is 0 Å². The Morgan fingerprint density at radius 3 is 2.28 bits per heavy atom. The van der Waals surface area contributed by atoms with E-state index in [0.717, 1.165) is 11.2 Å². The van der Waals surface area contributed by atoms with Gasteiger partial charge >= 0.3 is 0 Å². The first-order valence-corrected chi connectivity index (χ1v) is 14.4. The van der Waals surface area contributed by atoms with Gasteiger partial charge in [-0.1, -0.05) is 80.6 Å². The van der Waals surface area contributed by atoms with Crippen molar-refractivity contribution in [3.63, 3.8) is 0 Å². The molecule has 8 aromatic rings. The minimum absolute atomic E-state index is 0.0359. The lowest BCUT2D eigenvalue weighted by molar-refractivity contribution is 0.661. The van der Waals surface area contributed by atoms with Crippen LogP contribution in [0, 0.1) is 0 Å². The van der Waals surface area contributed by atoms with Crippen molar-refractivity contribution in [1.29, 1.82) is 0 Å². The van der Waals surface area contributed by atoms with Crippen LogP contribution in [-0.4, -0.2) is 0 Å². The largest absolute Gasteiger partial charge is 0.456 e. The van der Waals surface area contributed by atoms with E-state index in [4.69, 9.17) is 4.42 Å².